The van der Waals surface area contributed by atoms with Gasteiger partial charge in [0.25, 0.3) is 5.56 Å². The molecule has 0 fully saturated rings. The van der Waals surface area contributed by atoms with Crippen molar-refractivity contribution in [2.75, 3.05) is 11.9 Å². The Bertz CT molecular complexity index is 590. The number of hydrogen-bond donors (Lipinski definition) is 1. The summed E-state index contributed by atoms with van der Waals surface area (Å²) in [5, 5.41) is 3.16. The molecule has 0 saturated carbocycles. The summed E-state index contributed by atoms with van der Waals surface area (Å²) < 4.78 is 1.72. The molecule has 2 rings (SSSR count). The smallest absolute Gasteiger partial charge is 0.251 e. The molecule has 94 valence electrons. The summed E-state index contributed by atoms with van der Waals surface area (Å²) in [5.74, 6) is 0.844. The third-order valence-electron chi connectivity index (χ3n) is 2.75. The molecule has 1 N–H and O–H groups in total. The zero-order chi connectivity index (χ0) is 13.0. The van der Waals surface area contributed by atoms with Gasteiger partial charge in [-0.1, -0.05) is 12.1 Å². The van der Waals surface area contributed by atoms with Crippen LogP contribution in [0, 0.1) is 6.92 Å². The number of aromatic nitrogens is 2. The van der Waals surface area contributed by atoms with E-state index in [0.29, 0.717) is 6.54 Å². The summed E-state index contributed by atoms with van der Waals surface area (Å²) in [6, 6.07) is 11.1. The Balaban J connectivity index is 2.28. The van der Waals surface area contributed by atoms with Crippen LogP contribution in [0.1, 0.15) is 18.3 Å². The van der Waals surface area contributed by atoms with Crippen molar-refractivity contribution in [2.24, 2.45) is 0 Å². The Morgan fingerprint density at radius 1 is 1.22 bits per heavy atom. The van der Waals surface area contributed by atoms with Gasteiger partial charge in [-0.15, -0.1) is 0 Å². The summed E-state index contributed by atoms with van der Waals surface area (Å²) in [5.41, 5.74) is 1.83. The maximum absolute atomic E-state index is 11.8. The Morgan fingerprint density at radius 2 is 2.00 bits per heavy atom. The predicted octanol–water partition coefficient (Wildman–Crippen LogP) is 2.03. The van der Waals surface area contributed by atoms with Gasteiger partial charge in [0.2, 0.25) is 0 Å². The highest BCUT2D eigenvalue weighted by molar-refractivity contribution is 5.35. The first-order valence-corrected chi connectivity index (χ1v) is 6.07. The fourth-order valence-electron chi connectivity index (χ4n) is 1.84. The number of nitrogens with one attached hydrogen (secondary N) is 1. The van der Waals surface area contributed by atoms with Crippen LogP contribution in [-0.4, -0.2) is 16.1 Å². The van der Waals surface area contributed by atoms with Crippen LogP contribution in [0.4, 0.5) is 5.82 Å². The van der Waals surface area contributed by atoms with E-state index in [2.05, 4.69) is 10.3 Å². The van der Waals surface area contributed by atoms with E-state index in [1.807, 2.05) is 38.1 Å². The third kappa shape index (κ3) is 2.77. The molecule has 0 unspecified atom stereocenters. The Kier molecular flexibility index (Phi) is 3.77. The van der Waals surface area contributed by atoms with Crippen molar-refractivity contribution in [2.45, 2.75) is 20.4 Å². The summed E-state index contributed by atoms with van der Waals surface area (Å²) in [6.07, 6.45) is 0. The minimum absolute atomic E-state index is 0.00523. The second kappa shape index (κ2) is 5.49. The van der Waals surface area contributed by atoms with Gasteiger partial charge in [0.15, 0.2) is 0 Å². The SMILES string of the molecule is CCNc1cccc(Cn2c(C)cccc2=O)n1. The maximum atomic E-state index is 11.8. The average Bonchev–Trinajstić information content (AvgIpc) is 2.35. The van der Waals surface area contributed by atoms with Crippen molar-refractivity contribution in [3.8, 4) is 0 Å². The molecule has 0 atom stereocenters. The maximum Gasteiger partial charge on any atom is 0.251 e. The Morgan fingerprint density at radius 3 is 2.72 bits per heavy atom. The van der Waals surface area contributed by atoms with Crippen LogP contribution in [-0.2, 0) is 6.54 Å². The highest BCUT2D eigenvalue weighted by Crippen LogP contribution is 2.06. The van der Waals surface area contributed by atoms with Crippen LogP contribution in [0.5, 0.6) is 0 Å². The Hall–Kier alpha value is -2.10. The first-order valence-electron chi connectivity index (χ1n) is 6.07. The van der Waals surface area contributed by atoms with Gasteiger partial charge in [-0.2, -0.15) is 0 Å². The predicted molar refractivity (Wildman–Crippen MR) is 72.9 cm³/mol. The summed E-state index contributed by atoms with van der Waals surface area (Å²) >= 11 is 0. The van der Waals surface area contributed by atoms with Gasteiger partial charge in [0, 0.05) is 18.3 Å². The molecule has 0 bridgehead atoms. The molecule has 0 aliphatic carbocycles. The lowest BCUT2D eigenvalue weighted by Crippen LogP contribution is -2.22. The van der Waals surface area contributed by atoms with Gasteiger partial charge in [0.1, 0.15) is 5.82 Å². The molecule has 18 heavy (non-hydrogen) atoms. The molecular formula is C14H17N3O. The van der Waals surface area contributed by atoms with Crippen molar-refractivity contribution >= 4 is 5.82 Å². The van der Waals surface area contributed by atoms with E-state index < -0.39 is 0 Å². The third-order valence-corrected chi connectivity index (χ3v) is 2.75. The van der Waals surface area contributed by atoms with E-state index in [1.165, 1.54) is 0 Å². The lowest BCUT2D eigenvalue weighted by Gasteiger charge is -2.10. The van der Waals surface area contributed by atoms with E-state index in [0.717, 1.165) is 23.8 Å². The van der Waals surface area contributed by atoms with Gasteiger partial charge in [-0.05, 0) is 32.0 Å². The number of aryl methyl sites for hydroxylation is 1. The first kappa shape index (κ1) is 12.4. The number of pyridine rings is 2. The van der Waals surface area contributed by atoms with Crippen LogP contribution in [0.3, 0.4) is 0 Å². The summed E-state index contributed by atoms with van der Waals surface area (Å²) in [6.45, 7) is 5.29. The second-order valence-electron chi connectivity index (χ2n) is 4.14. The minimum Gasteiger partial charge on any atom is -0.370 e. The molecule has 0 aliphatic heterocycles. The molecular weight excluding hydrogens is 226 g/mol. The zero-order valence-corrected chi connectivity index (χ0v) is 10.7. The van der Waals surface area contributed by atoms with E-state index in [1.54, 1.807) is 16.7 Å². The fourth-order valence-corrected chi connectivity index (χ4v) is 1.84. The van der Waals surface area contributed by atoms with Crippen molar-refractivity contribution in [3.05, 3.63) is 58.1 Å². The molecule has 0 aliphatic rings. The highest BCUT2D eigenvalue weighted by atomic mass is 16.1. The molecule has 4 heteroatoms. The lowest BCUT2D eigenvalue weighted by molar-refractivity contribution is 0.713. The van der Waals surface area contributed by atoms with Gasteiger partial charge in [-0.25, -0.2) is 4.98 Å². The van der Waals surface area contributed by atoms with Crippen LogP contribution in [0.25, 0.3) is 0 Å². The van der Waals surface area contributed by atoms with E-state index in [9.17, 15) is 4.79 Å². The summed E-state index contributed by atoms with van der Waals surface area (Å²) in [7, 11) is 0. The van der Waals surface area contributed by atoms with Crippen molar-refractivity contribution in [1.82, 2.24) is 9.55 Å². The molecule has 0 saturated heterocycles. The molecule has 0 amide bonds. The number of hydrogen-bond acceptors (Lipinski definition) is 3. The van der Waals surface area contributed by atoms with Gasteiger partial charge < -0.3 is 9.88 Å². The van der Waals surface area contributed by atoms with Crippen LogP contribution in [0.2, 0.25) is 0 Å². The normalized spacial score (nSPS) is 10.3. The van der Waals surface area contributed by atoms with Crippen molar-refractivity contribution in [1.29, 1.82) is 0 Å². The fraction of sp³-hybridized carbons (Fsp3) is 0.286. The minimum atomic E-state index is 0.00523. The first-order chi connectivity index (χ1) is 8.70. The molecule has 0 spiro atoms. The largest absolute Gasteiger partial charge is 0.370 e. The lowest BCUT2D eigenvalue weighted by atomic mass is 10.3. The summed E-state index contributed by atoms with van der Waals surface area (Å²) in [4.78, 5) is 16.2. The quantitative estimate of drug-likeness (QED) is 0.893. The molecule has 2 heterocycles. The van der Waals surface area contributed by atoms with Gasteiger partial charge in [-0.3, -0.25) is 4.79 Å². The monoisotopic (exact) mass is 243 g/mol. The van der Waals surface area contributed by atoms with Gasteiger partial charge in [0.05, 0.1) is 12.2 Å². The van der Waals surface area contributed by atoms with Gasteiger partial charge >= 0.3 is 0 Å². The molecule has 2 aromatic rings. The molecule has 4 nitrogen and oxygen atoms in total. The molecule has 0 radical (unpaired) electrons. The second-order valence-corrected chi connectivity index (χ2v) is 4.14. The van der Waals surface area contributed by atoms with E-state index in [4.69, 9.17) is 0 Å². The van der Waals surface area contributed by atoms with Crippen LogP contribution < -0.4 is 10.9 Å². The molecule has 2 aromatic heterocycles. The zero-order valence-electron chi connectivity index (χ0n) is 10.7. The number of rotatable bonds is 4. The van der Waals surface area contributed by atoms with Crippen LogP contribution in [0.15, 0.2) is 41.2 Å². The number of nitrogens with zero attached hydrogens (tertiary/aromatic N) is 2. The topological polar surface area (TPSA) is 46.9 Å². The highest BCUT2D eigenvalue weighted by Gasteiger charge is 2.02. The van der Waals surface area contributed by atoms with Crippen LogP contribution >= 0.6 is 0 Å². The number of anilines is 1. The van der Waals surface area contributed by atoms with E-state index >= 15 is 0 Å². The Labute approximate surface area is 106 Å². The average molecular weight is 243 g/mol. The molecule has 0 aromatic carbocycles. The van der Waals surface area contributed by atoms with Crippen molar-refractivity contribution in [3.63, 3.8) is 0 Å². The van der Waals surface area contributed by atoms with E-state index in [-0.39, 0.29) is 5.56 Å². The standard InChI is InChI=1S/C14H17N3O/c1-3-15-13-8-5-7-12(16-13)10-17-11(2)6-4-9-14(17)18/h4-9H,3,10H2,1-2H3,(H,15,16). The van der Waals surface area contributed by atoms with Crippen molar-refractivity contribution < 1.29 is 0 Å².